The van der Waals surface area contributed by atoms with E-state index in [1.165, 1.54) is 44.9 Å². The van der Waals surface area contributed by atoms with Crippen molar-refractivity contribution in [2.24, 2.45) is 11.8 Å². The highest BCUT2D eigenvalue weighted by Crippen LogP contribution is 2.27. The van der Waals surface area contributed by atoms with Gasteiger partial charge in [0.2, 0.25) is 0 Å². The van der Waals surface area contributed by atoms with Crippen LogP contribution in [-0.2, 0) is 0 Å². The quantitative estimate of drug-likeness (QED) is 0.682. The molecule has 1 nitrogen and oxygen atoms in total. The van der Waals surface area contributed by atoms with Crippen LogP contribution in [-0.4, -0.2) is 11.2 Å². The molecule has 0 amide bonds. The molecule has 0 radical (unpaired) electrons. The fourth-order valence-corrected chi connectivity index (χ4v) is 2.49. The van der Waals surface area contributed by atoms with Crippen LogP contribution in [0.2, 0.25) is 0 Å². The van der Waals surface area contributed by atoms with Gasteiger partial charge >= 0.3 is 0 Å². The Labute approximate surface area is 88.9 Å². The summed E-state index contributed by atoms with van der Waals surface area (Å²) < 4.78 is 0. The molecule has 84 valence electrons. The average Bonchev–Trinajstić information content (AvgIpc) is 2.31. The van der Waals surface area contributed by atoms with E-state index >= 15 is 0 Å². The molecule has 1 fully saturated rings. The number of aliphatic hydroxyl groups excluding tert-OH is 1. The predicted molar refractivity (Wildman–Crippen MR) is 61.3 cm³/mol. The van der Waals surface area contributed by atoms with Gasteiger partial charge in [-0.2, -0.15) is 0 Å². The van der Waals surface area contributed by atoms with E-state index in [4.69, 9.17) is 0 Å². The number of hydrogen-bond donors (Lipinski definition) is 1. The highest BCUT2D eigenvalue weighted by atomic mass is 16.3. The van der Waals surface area contributed by atoms with Gasteiger partial charge in [-0.05, 0) is 31.1 Å². The van der Waals surface area contributed by atoms with E-state index < -0.39 is 0 Å². The molecule has 0 aromatic heterocycles. The van der Waals surface area contributed by atoms with Gasteiger partial charge in [0.15, 0.2) is 0 Å². The van der Waals surface area contributed by atoms with Gasteiger partial charge < -0.3 is 5.11 Å². The fraction of sp³-hybridized carbons (Fsp3) is 1.00. The molecule has 14 heavy (non-hydrogen) atoms. The van der Waals surface area contributed by atoms with E-state index in [2.05, 4.69) is 13.8 Å². The SMILES string of the molecule is CC(C)CCCC1CCCCCC1O. The van der Waals surface area contributed by atoms with Crippen LogP contribution >= 0.6 is 0 Å². The molecule has 1 saturated carbocycles. The van der Waals surface area contributed by atoms with Crippen molar-refractivity contribution < 1.29 is 5.11 Å². The Hall–Kier alpha value is -0.0400. The topological polar surface area (TPSA) is 20.2 Å². The van der Waals surface area contributed by atoms with Crippen molar-refractivity contribution in [2.45, 2.75) is 71.3 Å². The van der Waals surface area contributed by atoms with Crippen LogP contribution in [0.1, 0.15) is 65.2 Å². The second kappa shape index (κ2) is 6.44. The fourth-order valence-electron chi connectivity index (χ4n) is 2.49. The molecule has 0 spiro atoms. The third kappa shape index (κ3) is 4.45. The van der Waals surface area contributed by atoms with Gasteiger partial charge in [0, 0.05) is 0 Å². The van der Waals surface area contributed by atoms with Crippen LogP contribution in [0.4, 0.5) is 0 Å². The van der Waals surface area contributed by atoms with Crippen molar-refractivity contribution in [3.05, 3.63) is 0 Å². The molecule has 0 aromatic carbocycles. The molecule has 2 atom stereocenters. The number of rotatable bonds is 4. The summed E-state index contributed by atoms with van der Waals surface area (Å²) in [5.41, 5.74) is 0. The second-order valence-corrected chi connectivity index (χ2v) is 5.29. The zero-order chi connectivity index (χ0) is 10.4. The molecule has 1 aliphatic rings. The van der Waals surface area contributed by atoms with Crippen molar-refractivity contribution in [3.63, 3.8) is 0 Å². The van der Waals surface area contributed by atoms with E-state index in [1.807, 2.05) is 0 Å². The van der Waals surface area contributed by atoms with Crippen molar-refractivity contribution in [1.82, 2.24) is 0 Å². The van der Waals surface area contributed by atoms with E-state index in [0.29, 0.717) is 5.92 Å². The van der Waals surface area contributed by atoms with Crippen LogP contribution < -0.4 is 0 Å². The van der Waals surface area contributed by atoms with Gasteiger partial charge in [0.05, 0.1) is 6.10 Å². The lowest BCUT2D eigenvalue weighted by molar-refractivity contribution is 0.0937. The van der Waals surface area contributed by atoms with E-state index in [9.17, 15) is 5.11 Å². The minimum atomic E-state index is 0.00432. The van der Waals surface area contributed by atoms with Crippen LogP contribution in [0.25, 0.3) is 0 Å². The highest BCUT2D eigenvalue weighted by molar-refractivity contribution is 4.73. The van der Waals surface area contributed by atoms with Gasteiger partial charge in [-0.1, -0.05) is 46.0 Å². The normalized spacial score (nSPS) is 29.1. The van der Waals surface area contributed by atoms with Crippen LogP contribution in [0.5, 0.6) is 0 Å². The smallest absolute Gasteiger partial charge is 0.0568 e. The third-order valence-electron chi connectivity index (χ3n) is 3.48. The zero-order valence-electron chi connectivity index (χ0n) is 9.84. The van der Waals surface area contributed by atoms with E-state index in [1.54, 1.807) is 0 Å². The van der Waals surface area contributed by atoms with Crippen LogP contribution in [0.15, 0.2) is 0 Å². The molecule has 0 heterocycles. The monoisotopic (exact) mass is 198 g/mol. The Morgan fingerprint density at radius 3 is 2.57 bits per heavy atom. The van der Waals surface area contributed by atoms with Gasteiger partial charge in [-0.15, -0.1) is 0 Å². The summed E-state index contributed by atoms with van der Waals surface area (Å²) in [6.45, 7) is 4.56. The Bertz CT molecular complexity index is 142. The molecule has 1 aliphatic carbocycles. The summed E-state index contributed by atoms with van der Waals surface area (Å²) in [6, 6.07) is 0. The number of aliphatic hydroxyl groups is 1. The van der Waals surface area contributed by atoms with Crippen molar-refractivity contribution in [2.75, 3.05) is 0 Å². The lowest BCUT2D eigenvalue weighted by Gasteiger charge is -2.20. The summed E-state index contributed by atoms with van der Waals surface area (Å²) in [7, 11) is 0. The predicted octanol–water partition coefficient (Wildman–Crippen LogP) is 3.75. The Morgan fingerprint density at radius 2 is 1.86 bits per heavy atom. The van der Waals surface area contributed by atoms with Crippen molar-refractivity contribution >= 4 is 0 Å². The lowest BCUT2D eigenvalue weighted by atomic mass is 9.90. The Balaban J connectivity index is 2.19. The summed E-state index contributed by atoms with van der Waals surface area (Å²) in [6.07, 6.45) is 10.1. The molecule has 1 heteroatoms. The molecule has 0 aromatic rings. The third-order valence-corrected chi connectivity index (χ3v) is 3.48. The van der Waals surface area contributed by atoms with E-state index in [-0.39, 0.29) is 6.10 Å². The maximum atomic E-state index is 9.91. The first-order chi connectivity index (χ1) is 6.70. The maximum Gasteiger partial charge on any atom is 0.0568 e. The summed E-state index contributed by atoms with van der Waals surface area (Å²) in [4.78, 5) is 0. The van der Waals surface area contributed by atoms with Crippen LogP contribution in [0, 0.1) is 11.8 Å². The molecular weight excluding hydrogens is 172 g/mol. The standard InChI is InChI=1S/C13H26O/c1-11(2)7-6-9-12-8-4-3-5-10-13(12)14/h11-14H,3-10H2,1-2H3. The Morgan fingerprint density at radius 1 is 1.14 bits per heavy atom. The lowest BCUT2D eigenvalue weighted by Crippen LogP contribution is -2.18. The minimum Gasteiger partial charge on any atom is -0.393 e. The molecule has 0 saturated heterocycles. The summed E-state index contributed by atoms with van der Waals surface area (Å²) in [5.74, 6) is 1.43. The molecule has 0 bridgehead atoms. The van der Waals surface area contributed by atoms with Gasteiger partial charge in [0.1, 0.15) is 0 Å². The second-order valence-electron chi connectivity index (χ2n) is 5.29. The molecule has 1 rings (SSSR count). The Kier molecular flexibility index (Phi) is 5.54. The van der Waals surface area contributed by atoms with Gasteiger partial charge in [-0.3, -0.25) is 0 Å². The maximum absolute atomic E-state index is 9.91. The minimum absolute atomic E-state index is 0.00432. The van der Waals surface area contributed by atoms with Gasteiger partial charge in [0.25, 0.3) is 0 Å². The average molecular weight is 198 g/mol. The highest BCUT2D eigenvalue weighted by Gasteiger charge is 2.20. The zero-order valence-corrected chi connectivity index (χ0v) is 9.84. The molecule has 2 unspecified atom stereocenters. The molecule has 1 N–H and O–H groups in total. The largest absolute Gasteiger partial charge is 0.393 e. The first kappa shape index (κ1) is 12.0. The van der Waals surface area contributed by atoms with Crippen LogP contribution in [0.3, 0.4) is 0 Å². The molecule has 0 aliphatic heterocycles. The summed E-state index contributed by atoms with van der Waals surface area (Å²) in [5, 5.41) is 9.91. The molecular formula is C13H26O. The first-order valence-corrected chi connectivity index (χ1v) is 6.38. The van der Waals surface area contributed by atoms with Crippen molar-refractivity contribution in [3.8, 4) is 0 Å². The number of hydrogen-bond acceptors (Lipinski definition) is 1. The van der Waals surface area contributed by atoms with Gasteiger partial charge in [-0.25, -0.2) is 0 Å². The first-order valence-electron chi connectivity index (χ1n) is 6.38. The van der Waals surface area contributed by atoms with E-state index in [0.717, 1.165) is 12.3 Å². The van der Waals surface area contributed by atoms with Crippen molar-refractivity contribution in [1.29, 1.82) is 0 Å². The summed E-state index contributed by atoms with van der Waals surface area (Å²) >= 11 is 0.